The van der Waals surface area contributed by atoms with Gasteiger partial charge in [0.25, 0.3) is 0 Å². The Balaban J connectivity index is 1.32. The Bertz CT molecular complexity index is 1380. The molecule has 2 N–H and O–H groups in total. The number of piperidine rings is 1. The number of fused-ring (bicyclic) bond motifs is 1. The molecule has 2 amide bonds. The summed E-state index contributed by atoms with van der Waals surface area (Å²) in [6.45, 7) is 5.16. The summed E-state index contributed by atoms with van der Waals surface area (Å²) in [5.74, 6) is 0.281. The maximum Gasteiger partial charge on any atom is 0.245 e. The van der Waals surface area contributed by atoms with Crippen molar-refractivity contribution >= 4 is 33.3 Å². The van der Waals surface area contributed by atoms with Gasteiger partial charge in [0.15, 0.2) is 9.84 Å². The molecule has 9 heteroatoms. The number of benzene rings is 2. The first-order chi connectivity index (χ1) is 20.6. The van der Waals surface area contributed by atoms with Crippen LogP contribution in [0.5, 0.6) is 0 Å². The van der Waals surface area contributed by atoms with Crippen molar-refractivity contribution in [3.05, 3.63) is 70.2 Å². The van der Waals surface area contributed by atoms with Crippen molar-refractivity contribution in [3.8, 4) is 0 Å². The predicted molar refractivity (Wildman–Crippen MR) is 172 cm³/mol. The van der Waals surface area contributed by atoms with E-state index < -0.39 is 27.2 Å². The van der Waals surface area contributed by atoms with Crippen molar-refractivity contribution in [2.45, 2.75) is 95.5 Å². The van der Waals surface area contributed by atoms with Crippen molar-refractivity contribution in [2.75, 3.05) is 18.8 Å². The third-order valence-corrected chi connectivity index (χ3v) is 12.8. The molecule has 7 nitrogen and oxygen atoms in total. The summed E-state index contributed by atoms with van der Waals surface area (Å²) in [5, 5.41) is 6.64. The molecule has 0 bridgehead atoms. The van der Waals surface area contributed by atoms with Gasteiger partial charge < -0.3 is 15.5 Å². The van der Waals surface area contributed by atoms with Crippen molar-refractivity contribution < 1.29 is 18.0 Å². The van der Waals surface area contributed by atoms with Crippen LogP contribution in [0.4, 0.5) is 0 Å². The maximum atomic E-state index is 14.1. The number of hydrogen-bond acceptors (Lipinski definition) is 5. The van der Waals surface area contributed by atoms with Crippen LogP contribution in [0, 0.1) is 11.3 Å². The number of hydrogen-bond donors (Lipinski definition) is 2. The Morgan fingerprint density at radius 3 is 2.30 bits per heavy atom. The van der Waals surface area contributed by atoms with Crippen LogP contribution in [-0.4, -0.2) is 61.3 Å². The molecule has 43 heavy (non-hydrogen) atoms. The molecule has 1 saturated heterocycles. The van der Waals surface area contributed by atoms with Gasteiger partial charge in [0.05, 0.1) is 17.0 Å². The number of likely N-dealkylation sites (tertiary alicyclic amines) is 1. The largest absolute Gasteiger partial charge is 0.343 e. The summed E-state index contributed by atoms with van der Waals surface area (Å²) < 4.78 is 26.4. The minimum Gasteiger partial charge on any atom is -0.343 e. The highest BCUT2D eigenvalue weighted by Crippen LogP contribution is 2.47. The van der Waals surface area contributed by atoms with Crippen LogP contribution in [0.2, 0.25) is 5.02 Å². The molecule has 2 aromatic carbocycles. The molecule has 2 fully saturated rings. The normalized spacial score (nSPS) is 21.7. The zero-order chi connectivity index (χ0) is 30.6. The lowest BCUT2D eigenvalue weighted by Gasteiger charge is -2.48. The molecule has 1 aliphatic carbocycles. The smallest absolute Gasteiger partial charge is 0.245 e. The van der Waals surface area contributed by atoms with Gasteiger partial charge in [-0.25, -0.2) is 8.42 Å². The molecule has 0 radical (unpaired) electrons. The van der Waals surface area contributed by atoms with Crippen molar-refractivity contribution in [1.29, 1.82) is 0 Å². The number of nitrogens with one attached hydrogen (secondary N) is 2. The third-order valence-electron chi connectivity index (χ3n) is 10.1. The molecule has 0 spiro atoms. The van der Waals surface area contributed by atoms with E-state index in [1.165, 1.54) is 12.0 Å². The van der Waals surface area contributed by atoms with E-state index in [0.29, 0.717) is 56.3 Å². The molecule has 2 aromatic rings. The Morgan fingerprint density at radius 2 is 1.65 bits per heavy atom. The predicted octanol–water partition coefficient (Wildman–Crippen LogP) is 5.09. The molecule has 2 aliphatic heterocycles. The average Bonchev–Trinajstić information content (AvgIpc) is 3.01. The Labute approximate surface area is 262 Å². The summed E-state index contributed by atoms with van der Waals surface area (Å²) in [6, 6.07) is 14.4. The first-order valence-electron chi connectivity index (χ1n) is 15.9. The summed E-state index contributed by atoms with van der Waals surface area (Å²) in [5.41, 5.74) is 2.96. The molecule has 1 saturated carbocycles. The molecular formula is C34H46ClN3O4S. The fraction of sp³-hybridized carbons (Fsp3) is 0.588. The first kappa shape index (κ1) is 32.0. The molecule has 2 unspecified atom stereocenters. The van der Waals surface area contributed by atoms with E-state index in [9.17, 15) is 18.0 Å². The zero-order valence-electron chi connectivity index (χ0n) is 25.5. The van der Waals surface area contributed by atoms with Crippen LogP contribution < -0.4 is 10.6 Å². The third kappa shape index (κ3) is 7.63. The SMILES string of the molecule is CC(C)S(=O)(=O)CC1(C2CCCCC2)CCN(C(=O)C(Cc2ccc(Cl)cc2)NC(=O)C2Cc3ccccc3CN2)CC1. The molecule has 2 atom stereocenters. The molecule has 5 rings (SSSR count). The van der Waals surface area contributed by atoms with Gasteiger partial charge in [-0.1, -0.05) is 67.3 Å². The van der Waals surface area contributed by atoms with Crippen molar-refractivity contribution in [3.63, 3.8) is 0 Å². The number of carbonyl (C=O) groups is 2. The van der Waals surface area contributed by atoms with E-state index in [-0.39, 0.29) is 23.0 Å². The highest BCUT2D eigenvalue weighted by molar-refractivity contribution is 7.92. The Hall–Kier alpha value is -2.42. The summed E-state index contributed by atoms with van der Waals surface area (Å²) in [7, 11) is -3.23. The fourth-order valence-corrected chi connectivity index (χ4v) is 9.10. The van der Waals surface area contributed by atoms with Crippen LogP contribution >= 0.6 is 11.6 Å². The van der Waals surface area contributed by atoms with E-state index >= 15 is 0 Å². The lowest BCUT2D eigenvalue weighted by Crippen LogP contribution is -2.58. The average molecular weight is 628 g/mol. The highest BCUT2D eigenvalue weighted by atomic mass is 35.5. The summed E-state index contributed by atoms with van der Waals surface area (Å²) in [4.78, 5) is 29.5. The monoisotopic (exact) mass is 627 g/mol. The van der Waals surface area contributed by atoms with Crippen molar-refractivity contribution in [1.82, 2.24) is 15.5 Å². The zero-order valence-corrected chi connectivity index (χ0v) is 27.1. The van der Waals surface area contributed by atoms with Gasteiger partial charge in [0.2, 0.25) is 11.8 Å². The number of nitrogens with zero attached hydrogens (tertiary/aromatic N) is 1. The van der Waals surface area contributed by atoms with Gasteiger partial charge in [-0.05, 0) is 86.1 Å². The van der Waals surface area contributed by atoms with Crippen LogP contribution in [0.3, 0.4) is 0 Å². The number of amides is 2. The minimum absolute atomic E-state index is 0.108. The lowest BCUT2D eigenvalue weighted by molar-refractivity contribution is -0.139. The van der Waals surface area contributed by atoms with E-state index in [2.05, 4.69) is 22.8 Å². The fourth-order valence-electron chi connectivity index (χ4n) is 7.31. The molecule has 3 aliphatic rings. The van der Waals surface area contributed by atoms with Crippen LogP contribution in [-0.2, 0) is 38.8 Å². The van der Waals surface area contributed by atoms with Crippen LogP contribution in [0.25, 0.3) is 0 Å². The molecule has 0 aromatic heterocycles. The molecule has 234 valence electrons. The van der Waals surface area contributed by atoms with Gasteiger partial charge in [0.1, 0.15) is 6.04 Å². The van der Waals surface area contributed by atoms with Gasteiger partial charge >= 0.3 is 0 Å². The first-order valence-corrected chi connectivity index (χ1v) is 18.0. The second-order valence-electron chi connectivity index (χ2n) is 13.2. The van der Waals surface area contributed by atoms with Gasteiger partial charge in [-0.15, -0.1) is 0 Å². The summed E-state index contributed by atoms with van der Waals surface area (Å²) in [6.07, 6.45) is 7.91. The number of sulfone groups is 1. The second-order valence-corrected chi connectivity index (χ2v) is 16.2. The van der Waals surface area contributed by atoms with E-state index in [4.69, 9.17) is 11.6 Å². The summed E-state index contributed by atoms with van der Waals surface area (Å²) >= 11 is 6.12. The topological polar surface area (TPSA) is 95.6 Å². The second kappa shape index (κ2) is 13.7. The van der Waals surface area contributed by atoms with E-state index in [0.717, 1.165) is 36.8 Å². The van der Waals surface area contributed by atoms with Gasteiger partial charge in [-0.2, -0.15) is 0 Å². The number of carbonyl (C=O) groups excluding carboxylic acids is 2. The molecular weight excluding hydrogens is 582 g/mol. The van der Waals surface area contributed by atoms with Crippen LogP contribution in [0.15, 0.2) is 48.5 Å². The van der Waals surface area contributed by atoms with Crippen LogP contribution in [0.1, 0.15) is 75.5 Å². The Kier molecular flexibility index (Phi) is 10.2. The van der Waals surface area contributed by atoms with Gasteiger partial charge in [-0.3, -0.25) is 9.59 Å². The van der Waals surface area contributed by atoms with Crippen molar-refractivity contribution in [2.24, 2.45) is 11.3 Å². The standard InChI is InChI=1S/C34H46ClN3O4S/c1-24(2)43(41,42)23-34(28-10-4-3-5-11-28)16-18-38(19-17-34)33(40)31(20-25-12-14-29(35)15-13-25)37-32(39)30-21-26-8-6-7-9-27(26)22-36-30/h6-9,12-15,24,28,30-31,36H,3-5,10-11,16-23H2,1-2H3,(H,37,39). The number of rotatable bonds is 9. The minimum atomic E-state index is -3.23. The Morgan fingerprint density at radius 1 is 1.00 bits per heavy atom. The lowest BCUT2D eigenvalue weighted by atomic mass is 9.65. The maximum absolute atomic E-state index is 14.1. The van der Waals surface area contributed by atoms with E-state index in [1.807, 2.05) is 29.2 Å². The van der Waals surface area contributed by atoms with E-state index in [1.54, 1.807) is 26.0 Å². The van der Waals surface area contributed by atoms with Gasteiger partial charge in [0, 0.05) is 31.1 Å². The molecule has 2 heterocycles. The highest BCUT2D eigenvalue weighted by Gasteiger charge is 2.46. The quantitative estimate of drug-likeness (QED) is 0.404. The number of halogens is 1.